The fourth-order valence-corrected chi connectivity index (χ4v) is 5.53. The van der Waals surface area contributed by atoms with E-state index in [0.717, 1.165) is 43.1 Å². The Kier molecular flexibility index (Phi) is 7.77. The van der Waals surface area contributed by atoms with Gasteiger partial charge in [-0.05, 0) is 61.0 Å². The molecule has 1 unspecified atom stereocenters. The first-order chi connectivity index (χ1) is 17.7. The molecule has 36 heavy (non-hydrogen) atoms. The van der Waals surface area contributed by atoms with Crippen molar-refractivity contribution in [1.82, 2.24) is 15.1 Å². The molecule has 0 bridgehead atoms. The first-order valence-corrected chi connectivity index (χ1v) is 13.1. The Bertz CT molecular complexity index is 1160. The summed E-state index contributed by atoms with van der Waals surface area (Å²) in [5.41, 5.74) is 4.18. The number of nitrogens with one attached hydrogen (secondary N) is 1. The average Bonchev–Trinajstić information content (AvgIpc) is 3.25. The molecule has 3 aromatic carbocycles. The zero-order valence-corrected chi connectivity index (χ0v) is 20.8. The van der Waals surface area contributed by atoms with Crippen molar-refractivity contribution in [3.05, 3.63) is 107 Å². The standard InChI is InChI=1S/C31H35N3O2/c35-30(32-17-20-33-18-15-26(16-19-33)21-24-9-3-1-4-10-24)29(22-25-11-5-2-6-12-25)34-23-27-13-7-8-14-28(27)31(34)36/h1-14,26,29H,15-23H2,(H,32,35). The van der Waals surface area contributed by atoms with Gasteiger partial charge in [0, 0.05) is 31.6 Å². The monoisotopic (exact) mass is 481 g/mol. The minimum Gasteiger partial charge on any atom is -0.353 e. The molecule has 3 aromatic rings. The van der Waals surface area contributed by atoms with Crippen molar-refractivity contribution >= 4 is 11.8 Å². The predicted octanol–water partition coefficient (Wildman–Crippen LogP) is 4.32. The number of piperidine rings is 1. The Labute approximate surface area is 214 Å². The van der Waals surface area contributed by atoms with E-state index >= 15 is 0 Å². The van der Waals surface area contributed by atoms with Crippen LogP contribution in [0.5, 0.6) is 0 Å². The molecule has 1 saturated heterocycles. The summed E-state index contributed by atoms with van der Waals surface area (Å²) in [6.07, 6.45) is 4.05. The van der Waals surface area contributed by atoms with E-state index in [1.807, 2.05) is 54.6 Å². The van der Waals surface area contributed by atoms with E-state index in [1.54, 1.807) is 4.90 Å². The van der Waals surface area contributed by atoms with Crippen LogP contribution in [0.2, 0.25) is 0 Å². The van der Waals surface area contributed by atoms with Crippen molar-refractivity contribution in [1.29, 1.82) is 0 Å². The fraction of sp³-hybridized carbons (Fsp3) is 0.355. The van der Waals surface area contributed by atoms with Crippen LogP contribution >= 0.6 is 0 Å². The van der Waals surface area contributed by atoms with Crippen LogP contribution in [0.4, 0.5) is 0 Å². The Morgan fingerprint density at radius 1 is 0.861 bits per heavy atom. The van der Waals surface area contributed by atoms with Crippen LogP contribution in [0.15, 0.2) is 84.9 Å². The lowest BCUT2D eigenvalue weighted by atomic mass is 9.90. The van der Waals surface area contributed by atoms with Gasteiger partial charge in [0.05, 0.1) is 0 Å². The average molecular weight is 482 g/mol. The number of amides is 2. The van der Waals surface area contributed by atoms with Crippen LogP contribution in [0, 0.1) is 5.92 Å². The second-order valence-electron chi connectivity index (χ2n) is 10.1. The quantitative estimate of drug-likeness (QED) is 0.495. The van der Waals surface area contributed by atoms with E-state index in [1.165, 1.54) is 18.4 Å². The van der Waals surface area contributed by atoms with E-state index in [-0.39, 0.29) is 11.8 Å². The van der Waals surface area contributed by atoms with E-state index in [0.29, 0.717) is 25.1 Å². The predicted molar refractivity (Wildman–Crippen MR) is 143 cm³/mol. The van der Waals surface area contributed by atoms with Gasteiger partial charge in [0.15, 0.2) is 0 Å². The summed E-state index contributed by atoms with van der Waals surface area (Å²) < 4.78 is 0. The van der Waals surface area contributed by atoms with Crippen LogP contribution in [-0.4, -0.2) is 53.8 Å². The highest BCUT2D eigenvalue weighted by Crippen LogP contribution is 2.26. The topological polar surface area (TPSA) is 52.7 Å². The summed E-state index contributed by atoms with van der Waals surface area (Å²) in [6.45, 7) is 4.06. The van der Waals surface area contributed by atoms with Crippen LogP contribution in [-0.2, 0) is 24.2 Å². The summed E-state index contributed by atoms with van der Waals surface area (Å²) in [6, 6.07) is 27.9. The van der Waals surface area contributed by atoms with Gasteiger partial charge in [-0.2, -0.15) is 0 Å². The number of carbonyl (C=O) groups excluding carboxylic acids is 2. The summed E-state index contributed by atoms with van der Waals surface area (Å²) in [7, 11) is 0. The molecule has 0 spiro atoms. The van der Waals surface area contributed by atoms with Gasteiger partial charge < -0.3 is 15.1 Å². The van der Waals surface area contributed by atoms with Gasteiger partial charge in [-0.1, -0.05) is 78.9 Å². The van der Waals surface area contributed by atoms with Gasteiger partial charge in [0.1, 0.15) is 6.04 Å². The van der Waals surface area contributed by atoms with Crippen LogP contribution < -0.4 is 5.32 Å². The Balaban J connectivity index is 1.15. The summed E-state index contributed by atoms with van der Waals surface area (Å²) in [4.78, 5) is 30.7. The molecule has 0 aromatic heterocycles. The van der Waals surface area contributed by atoms with Gasteiger partial charge in [-0.3, -0.25) is 9.59 Å². The Morgan fingerprint density at radius 3 is 2.19 bits per heavy atom. The number of likely N-dealkylation sites (tertiary alicyclic amines) is 1. The molecule has 2 aliphatic rings. The van der Waals surface area contributed by atoms with Crippen LogP contribution in [0.3, 0.4) is 0 Å². The van der Waals surface area contributed by atoms with Gasteiger partial charge in [-0.15, -0.1) is 0 Å². The minimum absolute atomic E-state index is 0.0535. The molecule has 1 N–H and O–H groups in total. The Hall–Kier alpha value is -3.44. The SMILES string of the molecule is O=C(NCCN1CCC(Cc2ccccc2)CC1)C(Cc1ccccc1)N1Cc2ccccc2C1=O. The lowest BCUT2D eigenvalue weighted by molar-refractivity contribution is -0.125. The molecule has 5 nitrogen and oxygen atoms in total. The molecule has 1 atom stereocenters. The number of rotatable bonds is 9. The van der Waals surface area contributed by atoms with Crippen molar-refractivity contribution < 1.29 is 9.59 Å². The largest absolute Gasteiger partial charge is 0.353 e. The van der Waals surface area contributed by atoms with Gasteiger partial charge in [0.25, 0.3) is 5.91 Å². The summed E-state index contributed by atoms with van der Waals surface area (Å²) in [5, 5.41) is 3.15. The lowest BCUT2D eigenvalue weighted by Crippen LogP contribution is -2.50. The van der Waals surface area contributed by atoms with E-state index < -0.39 is 6.04 Å². The lowest BCUT2D eigenvalue weighted by Gasteiger charge is -2.32. The molecule has 0 radical (unpaired) electrons. The second kappa shape index (κ2) is 11.5. The first-order valence-electron chi connectivity index (χ1n) is 13.1. The van der Waals surface area contributed by atoms with E-state index in [4.69, 9.17) is 0 Å². The van der Waals surface area contributed by atoms with Crippen molar-refractivity contribution in [2.75, 3.05) is 26.2 Å². The molecular weight excluding hydrogens is 446 g/mol. The number of nitrogens with zero attached hydrogens (tertiary/aromatic N) is 2. The maximum Gasteiger partial charge on any atom is 0.255 e. The highest BCUT2D eigenvalue weighted by Gasteiger charge is 2.36. The molecule has 2 heterocycles. The van der Waals surface area contributed by atoms with Crippen LogP contribution in [0.25, 0.3) is 0 Å². The number of hydrogen-bond donors (Lipinski definition) is 1. The maximum absolute atomic E-state index is 13.4. The van der Waals surface area contributed by atoms with Crippen molar-refractivity contribution in [3.63, 3.8) is 0 Å². The molecule has 0 aliphatic carbocycles. The van der Waals surface area contributed by atoms with E-state index in [9.17, 15) is 9.59 Å². The summed E-state index contributed by atoms with van der Waals surface area (Å²) >= 11 is 0. The molecular formula is C31H35N3O2. The molecule has 5 rings (SSSR count). The molecule has 2 aliphatic heterocycles. The zero-order chi connectivity index (χ0) is 24.7. The van der Waals surface area contributed by atoms with Gasteiger partial charge >= 0.3 is 0 Å². The minimum atomic E-state index is -0.524. The molecule has 186 valence electrons. The fourth-order valence-electron chi connectivity index (χ4n) is 5.53. The highest BCUT2D eigenvalue weighted by atomic mass is 16.2. The third-order valence-corrected chi connectivity index (χ3v) is 7.60. The third-order valence-electron chi connectivity index (χ3n) is 7.60. The van der Waals surface area contributed by atoms with Crippen LogP contribution in [0.1, 0.15) is 39.9 Å². The van der Waals surface area contributed by atoms with Crippen molar-refractivity contribution in [3.8, 4) is 0 Å². The van der Waals surface area contributed by atoms with E-state index in [2.05, 4.69) is 40.5 Å². The number of benzene rings is 3. The summed E-state index contributed by atoms with van der Waals surface area (Å²) in [5.74, 6) is 0.609. The Morgan fingerprint density at radius 2 is 1.50 bits per heavy atom. The van der Waals surface area contributed by atoms with Gasteiger partial charge in [-0.25, -0.2) is 0 Å². The molecule has 1 fully saturated rings. The van der Waals surface area contributed by atoms with Crippen molar-refractivity contribution in [2.24, 2.45) is 5.92 Å². The highest BCUT2D eigenvalue weighted by molar-refractivity contribution is 6.01. The smallest absolute Gasteiger partial charge is 0.255 e. The maximum atomic E-state index is 13.4. The molecule has 0 saturated carbocycles. The number of hydrogen-bond acceptors (Lipinski definition) is 3. The zero-order valence-electron chi connectivity index (χ0n) is 20.8. The molecule has 2 amide bonds. The van der Waals surface area contributed by atoms with Crippen molar-refractivity contribution in [2.45, 2.75) is 38.3 Å². The number of carbonyl (C=O) groups is 2. The second-order valence-corrected chi connectivity index (χ2v) is 10.1. The third kappa shape index (κ3) is 5.85. The first kappa shape index (κ1) is 24.3. The number of fused-ring (bicyclic) bond motifs is 1. The van der Waals surface area contributed by atoms with Gasteiger partial charge in [0.2, 0.25) is 5.91 Å². The molecule has 5 heteroatoms. The normalized spacial score (nSPS) is 17.1.